The maximum absolute atomic E-state index is 16.5. The number of amides is 2. The number of pyridine rings is 3. The molecule has 1 aromatic carbocycles. The summed E-state index contributed by atoms with van der Waals surface area (Å²) in [5.74, 6) is -3.36. The topological polar surface area (TPSA) is 129 Å². The quantitative estimate of drug-likeness (QED) is 0.258. The molecule has 5 heterocycles. The van der Waals surface area contributed by atoms with Gasteiger partial charge < -0.3 is 15.1 Å². The van der Waals surface area contributed by atoms with Gasteiger partial charge in [0, 0.05) is 55.8 Å². The fourth-order valence-corrected chi connectivity index (χ4v) is 6.34. The molecule has 47 heavy (non-hydrogen) atoms. The van der Waals surface area contributed by atoms with Gasteiger partial charge in [0.05, 0.1) is 28.8 Å². The number of benzene rings is 1. The Labute approximate surface area is 268 Å². The van der Waals surface area contributed by atoms with Crippen molar-refractivity contribution < 1.29 is 18.4 Å². The third-order valence-electron chi connectivity index (χ3n) is 8.64. The molecule has 0 bridgehead atoms. The van der Waals surface area contributed by atoms with Gasteiger partial charge in [0.1, 0.15) is 17.1 Å². The molecule has 5 aromatic rings. The van der Waals surface area contributed by atoms with Gasteiger partial charge in [-0.3, -0.25) is 29.0 Å². The summed E-state index contributed by atoms with van der Waals surface area (Å²) < 4.78 is 31.6. The summed E-state index contributed by atoms with van der Waals surface area (Å²) in [5.41, 5.74) is 3.15. The molecular formula is C34H34F2N8O3. The molecule has 242 valence electrons. The minimum absolute atomic E-state index is 0.0123. The predicted molar refractivity (Wildman–Crippen MR) is 176 cm³/mol. The second kappa shape index (κ2) is 12.0. The highest BCUT2D eigenvalue weighted by Gasteiger charge is 2.32. The Bertz CT molecular complexity index is 2160. The van der Waals surface area contributed by atoms with Crippen molar-refractivity contribution in [3.63, 3.8) is 0 Å². The third kappa shape index (κ3) is 5.21. The van der Waals surface area contributed by atoms with Crippen LogP contribution in [-0.4, -0.2) is 74.7 Å². The number of aromatic nitrogens is 5. The van der Waals surface area contributed by atoms with Crippen LogP contribution in [-0.2, 0) is 4.79 Å². The van der Waals surface area contributed by atoms with Gasteiger partial charge >= 0.3 is 0 Å². The number of hydrogen-bond acceptors (Lipinski definition) is 7. The van der Waals surface area contributed by atoms with E-state index in [2.05, 4.69) is 27.1 Å². The summed E-state index contributed by atoms with van der Waals surface area (Å²) in [6.07, 6.45) is 3.26. The Morgan fingerprint density at radius 1 is 1.04 bits per heavy atom. The average molecular weight is 641 g/mol. The number of halogens is 2. The second-order valence-corrected chi connectivity index (χ2v) is 11.9. The summed E-state index contributed by atoms with van der Waals surface area (Å²) >= 11 is 0. The average Bonchev–Trinajstić information content (AvgIpc) is 3.53. The number of carbonyl (C=O) groups excluding carboxylic acids is 2. The molecule has 13 heteroatoms. The molecule has 1 aliphatic rings. The lowest BCUT2D eigenvalue weighted by atomic mass is 9.99. The van der Waals surface area contributed by atoms with Crippen LogP contribution >= 0.6 is 0 Å². The van der Waals surface area contributed by atoms with Crippen LogP contribution in [0.15, 0.2) is 53.9 Å². The first-order valence-corrected chi connectivity index (χ1v) is 15.2. The fraction of sp³-hybridized carbons (Fsp3) is 0.294. The van der Waals surface area contributed by atoms with Crippen LogP contribution in [0.3, 0.4) is 0 Å². The Kier molecular flexibility index (Phi) is 8.08. The molecule has 2 amide bonds. The normalized spacial score (nSPS) is 13.5. The van der Waals surface area contributed by atoms with E-state index < -0.39 is 29.0 Å². The van der Waals surface area contributed by atoms with Crippen LogP contribution in [0.4, 0.5) is 14.5 Å². The highest BCUT2D eigenvalue weighted by molar-refractivity contribution is 6.08. The van der Waals surface area contributed by atoms with Crippen LogP contribution in [0.1, 0.15) is 46.9 Å². The van der Waals surface area contributed by atoms with Crippen molar-refractivity contribution in [1.29, 1.82) is 0 Å². The van der Waals surface area contributed by atoms with Crippen molar-refractivity contribution in [2.24, 2.45) is 0 Å². The van der Waals surface area contributed by atoms with Gasteiger partial charge in [0.15, 0.2) is 11.5 Å². The zero-order chi connectivity index (χ0) is 33.7. The lowest BCUT2D eigenvalue weighted by molar-refractivity contribution is -0.128. The molecule has 0 saturated carbocycles. The summed E-state index contributed by atoms with van der Waals surface area (Å²) in [5, 5.41) is 10.5. The van der Waals surface area contributed by atoms with Crippen molar-refractivity contribution in [2.45, 2.75) is 33.6 Å². The number of hydrogen-bond donors (Lipinski definition) is 2. The molecule has 1 aliphatic heterocycles. The number of carbonyl (C=O) groups is 2. The van der Waals surface area contributed by atoms with Crippen LogP contribution in [0, 0.1) is 19.7 Å². The minimum Gasteiger partial charge on any atom is -0.367 e. The van der Waals surface area contributed by atoms with E-state index in [9.17, 15) is 18.8 Å². The molecule has 11 nitrogen and oxygen atoms in total. The van der Waals surface area contributed by atoms with Gasteiger partial charge in [0.25, 0.3) is 17.4 Å². The molecule has 0 spiro atoms. The smallest absolute Gasteiger partial charge is 0.282 e. The van der Waals surface area contributed by atoms with E-state index in [1.807, 2.05) is 39.8 Å². The first-order chi connectivity index (χ1) is 22.4. The number of H-pyrrole nitrogens is 1. The SMILES string of the molecule is C=C(F)C(=O)N1CCN(c2c(C(=O)NC)c(=O)n(-c3c(C)ccnc3C(C)C)c3nc(-c4c(C)ccc5[nH]ncc45)c(F)cc23)CC1. The number of nitrogens with one attached hydrogen (secondary N) is 2. The van der Waals surface area contributed by atoms with Gasteiger partial charge in [-0.2, -0.15) is 5.10 Å². The van der Waals surface area contributed by atoms with Gasteiger partial charge in [-0.05, 0) is 49.1 Å². The van der Waals surface area contributed by atoms with Crippen LogP contribution < -0.4 is 15.8 Å². The molecule has 0 aliphatic carbocycles. The molecule has 4 aromatic heterocycles. The molecule has 6 rings (SSSR count). The van der Waals surface area contributed by atoms with Crippen molar-refractivity contribution in [2.75, 3.05) is 38.1 Å². The largest absolute Gasteiger partial charge is 0.367 e. The van der Waals surface area contributed by atoms with Crippen LogP contribution in [0.2, 0.25) is 0 Å². The molecular weight excluding hydrogens is 606 g/mol. The third-order valence-corrected chi connectivity index (χ3v) is 8.64. The Balaban J connectivity index is 1.73. The molecule has 0 unspecified atom stereocenters. The summed E-state index contributed by atoms with van der Waals surface area (Å²) in [7, 11) is 1.41. The van der Waals surface area contributed by atoms with Crippen molar-refractivity contribution in [3.05, 3.63) is 87.6 Å². The minimum atomic E-state index is -1.08. The number of fused-ring (bicyclic) bond motifs is 2. The van der Waals surface area contributed by atoms with E-state index in [0.29, 0.717) is 33.4 Å². The first-order valence-electron chi connectivity index (χ1n) is 15.2. The number of anilines is 1. The predicted octanol–water partition coefficient (Wildman–Crippen LogP) is 4.69. The Morgan fingerprint density at radius 3 is 2.43 bits per heavy atom. The number of piperazine rings is 1. The first kappa shape index (κ1) is 31.5. The van der Waals surface area contributed by atoms with Gasteiger partial charge in [-0.25, -0.2) is 13.8 Å². The molecule has 1 saturated heterocycles. The Morgan fingerprint density at radius 2 is 1.77 bits per heavy atom. The summed E-state index contributed by atoms with van der Waals surface area (Å²) in [6.45, 7) is 11.1. The maximum atomic E-state index is 16.5. The van der Waals surface area contributed by atoms with E-state index in [0.717, 1.165) is 5.56 Å². The van der Waals surface area contributed by atoms with E-state index >= 15 is 4.39 Å². The Hall–Kier alpha value is -5.46. The monoisotopic (exact) mass is 640 g/mol. The van der Waals surface area contributed by atoms with E-state index in [1.54, 1.807) is 23.4 Å². The molecule has 1 fully saturated rings. The number of aromatic amines is 1. The molecule has 0 radical (unpaired) electrons. The highest BCUT2D eigenvalue weighted by Crippen LogP contribution is 2.38. The van der Waals surface area contributed by atoms with Crippen LogP contribution in [0.5, 0.6) is 0 Å². The van der Waals surface area contributed by atoms with Crippen molar-refractivity contribution >= 4 is 39.4 Å². The lowest BCUT2D eigenvalue weighted by Crippen LogP contribution is -2.50. The van der Waals surface area contributed by atoms with E-state index in [4.69, 9.17) is 4.98 Å². The maximum Gasteiger partial charge on any atom is 0.282 e. The second-order valence-electron chi connectivity index (χ2n) is 11.9. The summed E-state index contributed by atoms with van der Waals surface area (Å²) in [4.78, 5) is 53.2. The van der Waals surface area contributed by atoms with Crippen molar-refractivity contribution in [1.82, 2.24) is 34.9 Å². The highest BCUT2D eigenvalue weighted by atomic mass is 19.1. The van der Waals surface area contributed by atoms with Gasteiger partial charge in [0.2, 0.25) is 0 Å². The zero-order valence-corrected chi connectivity index (χ0v) is 26.7. The number of rotatable bonds is 6. The van der Waals surface area contributed by atoms with Crippen LogP contribution in [0.25, 0.3) is 38.9 Å². The molecule has 2 N–H and O–H groups in total. The lowest BCUT2D eigenvalue weighted by Gasteiger charge is -2.37. The number of aryl methyl sites for hydroxylation is 2. The summed E-state index contributed by atoms with van der Waals surface area (Å²) in [6, 6.07) is 6.75. The van der Waals surface area contributed by atoms with Gasteiger partial charge in [-0.1, -0.05) is 26.5 Å². The van der Waals surface area contributed by atoms with Gasteiger partial charge in [-0.15, -0.1) is 0 Å². The zero-order valence-electron chi connectivity index (χ0n) is 26.7. The van der Waals surface area contributed by atoms with Crippen molar-refractivity contribution in [3.8, 4) is 16.9 Å². The van der Waals surface area contributed by atoms with E-state index in [1.165, 1.54) is 22.6 Å². The molecule has 0 atom stereocenters. The fourth-order valence-electron chi connectivity index (χ4n) is 6.34. The van der Waals surface area contributed by atoms with E-state index in [-0.39, 0.29) is 60.1 Å². The standard InChI is InChI=1S/C34H34F2N8O3/c1-17(2)27-29(19(4)9-10-38-27)44-31-21(15-23(36)28(40-31)25-18(3)7-8-24-22(25)16-39-41-24)30(26(34(44)47)32(45)37-6)42-11-13-43(14-12-42)33(46)20(5)35/h7-10,15-17H,5,11-14H2,1-4,6H3,(H,37,45)(H,39,41). The number of nitrogens with zero attached hydrogens (tertiary/aromatic N) is 6.